The number of alkyl halides is 2. The molecule has 4 saturated carbocycles. The summed E-state index contributed by atoms with van der Waals surface area (Å²) in [5, 5.41) is 11.6. The lowest BCUT2D eigenvalue weighted by Gasteiger charge is -2.37. The lowest BCUT2D eigenvalue weighted by atomic mass is 9.79. The van der Waals surface area contributed by atoms with Gasteiger partial charge in [0.15, 0.2) is 0 Å². The quantitative estimate of drug-likeness (QED) is 0.0408. The van der Waals surface area contributed by atoms with E-state index in [-0.39, 0.29) is 73.7 Å². The molecule has 4 atom stereocenters. The maximum absolute atomic E-state index is 15.7. The van der Waals surface area contributed by atoms with Crippen LogP contribution in [-0.4, -0.2) is 197 Å². The number of carbonyl (C=O) groups excluding carboxylic acids is 8. The molecule has 8 amide bonds. The maximum Gasteiger partial charge on any atom is 0.411 e. The number of nitrogens with one attached hydrogen (secondary N) is 4. The van der Waals surface area contributed by atoms with Crippen LogP contribution in [0.1, 0.15) is 298 Å². The zero-order valence-electron chi connectivity index (χ0n) is 80.6. The number of amides is 8. The fourth-order valence-electron chi connectivity index (χ4n) is 20.8. The number of terminal acetylenes is 4. The first-order valence-electron chi connectivity index (χ1n) is 50.7. The van der Waals surface area contributed by atoms with Gasteiger partial charge in [0.1, 0.15) is 35.8 Å². The highest BCUT2D eigenvalue weighted by Gasteiger charge is 2.42. The highest BCUT2D eigenvalue weighted by molar-refractivity contribution is 6.00. The van der Waals surface area contributed by atoms with Gasteiger partial charge in [-0.05, 0) is 254 Å². The zero-order chi connectivity index (χ0) is 98.6. The second-order valence-corrected chi connectivity index (χ2v) is 39.4. The van der Waals surface area contributed by atoms with E-state index in [0.29, 0.717) is 234 Å². The van der Waals surface area contributed by atoms with Crippen molar-refractivity contribution in [1.82, 2.24) is 19.6 Å². The topological polar surface area (TPSA) is 271 Å². The predicted molar refractivity (Wildman–Crippen MR) is 539 cm³/mol. The monoisotopic (exact) mass is 1920 g/mol. The summed E-state index contributed by atoms with van der Waals surface area (Å²) in [6.45, 7) is 8.13. The second kappa shape index (κ2) is 47.0. The number of carbonyl (C=O) groups is 8. The van der Waals surface area contributed by atoms with Crippen molar-refractivity contribution in [3.63, 3.8) is 0 Å². The van der Waals surface area contributed by atoms with Crippen LogP contribution in [0.2, 0.25) is 0 Å². The SMILES string of the molecule is C#Cc1ccc(C2(F)CCN(C(=O)c3ccc(C4CCC4)c(NC(=O)O[C@@H]4CCOC4)c3)CC2)cc1.C#Cc1ccc(C2(F)CCN(C(=O)c3ccc(C4CCC4)c(NC(=O)O[C@H]4CCOC4)c3)CC2)cc1.C#Cc1ccc(C2CCN(C(=O)c3ccc(C4CCC4)c(NC(=O)O[C@@H]4CCOC4)c3)CC2)cc1.C#Cc1ccc(C2CCN(C(=O)c3ccc(C4CCC4)c(NC(=O)O[C@H]4CCOC4)c3)CC2)cc1. The number of rotatable bonds is 20. The fraction of sp³-hybridized carbons (Fsp3) is 0.448. The van der Waals surface area contributed by atoms with Crippen molar-refractivity contribution in [2.24, 2.45) is 0 Å². The highest BCUT2D eigenvalue weighted by Crippen LogP contribution is 2.47. The Morgan fingerprint density at radius 1 is 0.289 bits per heavy atom. The summed E-state index contributed by atoms with van der Waals surface area (Å²) in [5.74, 6) is 12.5. The summed E-state index contributed by atoms with van der Waals surface area (Å²) in [5.41, 5.74) is 12.9. The summed E-state index contributed by atoms with van der Waals surface area (Å²) in [4.78, 5) is 111. The van der Waals surface area contributed by atoms with Gasteiger partial charge in [-0.2, -0.15) is 0 Å². The Balaban J connectivity index is 0.000000130. The standard InChI is InChI=1S/2C29H31FN2O4.2C29H32N2O4/c2*1-2-20-6-9-23(10-7-20)29(30)13-15-32(16-14-29)27(33)22-8-11-25(21-4-3-5-21)26(18-22)31-28(34)36-24-12-17-35-19-24;2*1-2-20-6-8-21(9-7-20)22-12-15-31(16-13-22)28(32)24-10-11-26(23-4-3-5-23)27(18-24)30-29(33)35-25-14-17-34-19-25/h2*1,6-11,18,21,24H,3-5,12-17,19H2,(H,31,34);2*1,6-11,18,22-23,25H,3-5,12-17,19H2,(H,30,33)/t2*24-;2*25-/m1010/s1. The summed E-state index contributed by atoms with van der Waals surface area (Å²) < 4.78 is 74.5. The van der Waals surface area contributed by atoms with Crippen molar-refractivity contribution in [3.8, 4) is 49.4 Å². The minimum absolute atomic E-state index is 0.00639. The Hall–Kier alpha value is -13.3. The Morgan fingerprint density at radius 2 is 0.514 bits per heavy atom. The lowest BCUT2D eigenvalue weighted by Crippen LogP contribution is -2.43. The average molecular weight is 1930 g/mol. The van der Waals surface area contributed by atoms with E-state index in [4.69, 9.17) is 63.6 Å². The molecule has 740 valence electrons. The summed E-state index contributed by atoms with van der Waals surface area (Å²) in [6, 6.07) is 52.7. The normalized spacial score (nSPS) is 21.0. The van der Waals surface area contributed by atoms with Crippen molar-refractivity contribution in [2.75, 3.05) is 126 Å². The minimum Gasteiger partial charge on any atom is -0.443 e. The van der Waals surface area contributed by atoms with Crippen LogP contribution in [0.3, 0.4) is 0 Å². The molecule has 0 unspecified atom stereocenters. The van der Waals surface area contributed by atoms with Gasteiger partial charge in [0.2, 0.25) is 0 Å². The maximum atomic E-state index is 15.7. The van der Waals surface area contributed by atoms with Crippen LogP contribution >= 0.6 is 0 Å². The molecule has 26 heteroatoms. The summed E-state index contributed by atoms with van der Waals surface area (Å²) in [7, 11) is 0. The zero-order valence-corrected chi connectivity index (χ0v) is 80.6. The molecule has 8 saturated heterocycles. The van der Waals surface area contributed by atoms with E-state index >= 15 is 8.78 Å². The molecule has 142 heavy (non-hydrogen) atoms. The van der Waals surface area contributed by atoms with Gasteiger partial charge in [-0.1, -0.05) is 122 Å². The molecule has 0 bridgehead atoms. The van der Waals surface area contributed by atoms with E-state index in [1.54, 1.807) is 70.5 Å². The van der Waals surface area contributed by atoms with Crippen LogP contribution in [0.5, 0.6) is 0 Å². The van der Waals surface area contributed by atoms with Gasteiger partial charge in [-0.25, -0.2) is 28.0 Å². The number of benzene rings is 8. The molecule has 0 radical (unpaired) electrons. The van der Waals surface area contributed by atoms with E-state index in [2.05, 4.69) is 69.2 Å². The first-order valence-corrected chi connectivity index (χ1v) is 50.7. The van der Waals surface area contributed by atoms with Gasteiger partial charge in [0.05, 0.1) is 52.9 Å². The number of nitrogens with zero attached hydrogens (tertiary/aromatic N) is 4. The molecule has 20 rings (SSSR count). The van der Waals surface area contributed by atoms with Crippen LogP contribution < -0.4 is 21.3 Å². The van der Waals surface area contributed by atoms with Crippen LogP contribution in [-0.2, 0) is 49.2 Å². The van der Waals surface area contributed by atoms with Gasteiger partial charge < -0.3 is 57.5 Å². The molecular weight excluding hydrogens is 1800 g/mol. The van der Waals surface area contributed by atoms with Crippen LogP contribution in [0.4, 0.5) is 50.7 Å². The third-order valence-corrected chi connectivity index (χ3v) is 30.5. The third-order valence-electron chi connectivity index (χ3n) is 30.5. The minimum atomic E-state index is -1.49. The first-order chi connectivity index (χ1) is 69.1. The molecule has 12 fully saturated rings. The van der Waals surface area contributed by atoms with Crippen LogP contribution in [0, 0.1) is 49.4 Å². The van der Waals surface area contributed by atoms with Crippen molar-refractivity contribution < 1.29 is 85.0 Å². The van der Waals surface area contributed by atoms with Crippen LogP contribution in [0.25, 0.3) is 0 Å². The number of likely N-dealkylation sites (tertiary alicyclic amines) is 4. The second-order valence-electron chi connectivity index (χ2n) is 39.4. The Morgan fingerprint density at radius 3 is 0.718 bits per heavy atom. The molecular formula is C116H126F2N8O16. The molecule has 8 heterocycles. The van der Waals surface area contributed by atoms with Crippen molar-refractivity contribution in [2.45, 2.75) is 225 Å². The highest BCUT2D eigenvalue weighted by atomic mass is 19.1. The van der Waals surface area contributed by atoms with E-state index in [1.165, 1.54) is 24.0 Å². The first kappa shape index (κ1) is 100. The average Bonchev–Trinajstić information content (AvgIpc) is 0.913. The number of hydrogen-bond acceptors (Lipinski definition) is 16. The molecule has 4 N–H and O–H groups in total. The lowest BCUT2D eigenvalue weighted by molar-refractivity contribution is 0.0412. The van der Waals surface area contributed by atoms with Crippen molar-refractivity contribution >= 4 is 70.8 Å². The molecule has 4 aliphatic carbocycles. The molecule has 8 aromatic rings. The molecule has 0 spiro atoms. The molecule has 8 aliphatic heterocycles. The predicted octanol–water partition coefficient (Wildman–Crippen LogP) is 21.3. The van der Waals surface area contributed by atoms with Gasteiger partial charge in [0, 0.05) is 171 Å². The van der Waals surface area contributed by atoms with Gasteiger partial charge in [0.25, 0.3) is 23.6 Å². The molecule has 8 aromatic carbocycles. The van der Waals surface area contributed by atoms with Gasteiger partial charge >= 0.3 is 24.4 Å². The Bertz CT molecular complexity index is 5610. The number of piperidine rings is 4. The molecule has 24 nitrogen and oxygen atoms in total. The Kier molecular flexibility index (Phi) is 33.2. The number of hydrogen-bond donors (Lipinski definition) is 4. The van der Waals surface area contributed by atoms with E-state index in [0.717, 1.165) is 123 Å². The van der Waals surface area contributed by atoms with Gasteiger partial charge in [-0.3, -0.25) is 40.4 Å². The third kappa shape index (κ3) is 25.0. The summed E-state index contributed by atoms with van der Waals surface area (Å²) >= 11 is 0. The fourth-order valence-corrected chi connectivity index (χ4v) is 20.8. The van der Waals surface area contributed by atoms with Crippen LogP contribution in [0.15, 0.2) is 170 Å². The largest absolute Gasteiger partial charge is 0.443 e. The number of ether oxygens (including phenoxy) is 8. The van der Waals surface area contributed by atoms with E-state index in [1.807, 2.05) is 94.7 Å². The van der Waals surface area contributed by atoms with E-state index < -0.39 is 35.7 Å². The summed E-state index contributed by atoms with van der Waals surface area (Å²) in [6.07, 6.45) is 39.4. The number of anilines is 4. The van der Waals surface area contributed by atoms with E-state index in [9.17, 15) is 38.4 Å². The van der Waals surface area contributed by atoms with Crippen molar-refractivity contribution in [3.05, 3.63) is 259 Å². The number of halogens is 2. The molecule has 0 aromatic heterocycles. The molecule has 12 aliphatic rings. The Labute approximate surface area is 830 Å². The smallest absolute Gasteiger partial charge is 0.411 e. The van der Waals surface area contributed by atoms with Crippen molar-refractivity contribution in [1.29, 1.82) is 0 Å². The van der Waals surface area contributed by atoms with Gasteiger partial charge in [-0.15, -0.1) is 25.7 Å².